The summed E-state index contributed by atoms with van der Waals surface area (Å²) in [5, 5.41) is 59.0. The number of nitrogens with one attached hydrogen (secondary N) is 7. The lowest BCUT2D eigenvalue weighted by molar-refractivity contribution is -0.140. The smallest absolute Gasteiger partial charge is 0.322 e. The number of likely N-dealkylation sites (N-methyl/N-ethyl adjacent to an activating group) is 2. The van der Waals surface area contributed by atoms with Gasteiger partial charge in [0.25, 0.3) is 0 Å². The van der Waals surface area contributed by atoms with Gasteiger partial charge in [0.1, 0.15) is 43.0 Å². The number of aliphatic carboxylic acids is 4. The number of rotatable bonds is 28. The molecule has 1 aliphatic heterocycles. The lowest BCUT2D eigenvalue weighted by Crippen LogP contribution is -2.50. The monoisotopic (exact) mass is 1020 g/mol. The molecule has 5 rings (SSSR count). The van der Waals surface area contributed by atoms with Gasteiger partial charge in [-0.1, -0.05) is 78.9 Å². The van der Waals surface area contributed by atoms with Crippen molar-refractivity contribution < 1.29 is 63.6 Å². The number of fused-ring (bicyclic) bond motifs is 2. The Kier molecular flexibility index (Phi) is 21.1. The Labute approximate surface area is 417 Å². The molecule has 11 N–H and O–H groups in total. The number of hydrogen-bond acceptors (Lipinski definition) is 14. The first kappa shape index (κ1) is 55.3. The molecule has 1 heterocycles. The van der Waals surface area contributed by atoms with Crippen LogP contribution in [0, 0.1) is 11.8 Å². The summed E-state index contributed by atoms with van der Waals surface area (Å²) in [6, 6.07) is 20.3. The topological polar surface area (TPSA) is 319 Å². The van der Waals surface area contributed by atoms with E-state index in [4.69, 9.17) is 0 Å². The van der Waals surface area contributed by atoms with Crippen molar-refractivity contribution in [1.29, 1.82) is 0 Å². The molecule has 0 aromatic heterocycles. The summed E-state index contributed by atoms with van der Waals surface area (Å²) in [6.45, 7) is -0.851. The zero-order chi connectivity index (χ0) is 51.6. The first-order valence-corrected chi connectivity index (χ1v) is 24.9. The third-order valence-electron chi connectivity index (χ3n) is 12.0. The van der Waals surface area contributed by atoms with Crippen LogP contribution in [-0.2, 0) is 49.6 Å². The molecule has 380 valence electrons. The van der Waals surface area contributed by atoms with Gasteiger partial charge in [0.2, 0.25) is 23.6 Å². The highest BCUT2D eigenvalue weighted by Gasteiger charge is 2.39. The number of carboxylic acids is 4. The van der Waals surface area contributed by atoms with Crippen LogP contribution in [0.2, 0.25) is 0 Å². The van der Waals surface area contributed by atoms with Crippen LogP contribution in [0.4, 0.5) is 0 Å². The summed E-state index contributed by atoms with van der Waals surface area (Å²) in [7, 11) is 2.89. The zero-order valence-corrected chi connectivity index (χ0v) is 40.7. The molecule has 1 saturated heterocycles. The molecule has 0 radical (unpaired) electrons. The van der Waals surface area contributed by atoms with Gasteiger partial charge in [0.15, 0.2) is 0 Å². The second-order valence-corrected chi connectivity index (χ2v) is 19.1. The van der Waals surface area contributed by atoms with Crippen molar-refractivity contribution in [2.45, 2.75) is 66.4 Å². The van der Waals surface area contributed by atoms with Gasteiger partial charge in [0.05, 0.1) is 0 Å². The molecule has 0 aliphatic carbocycles. The van der Waals surface area contributed by atoms with E-state index in [1.165, 1.54) is 37.6 Å². The molecule has 71 heavy (non-hydrogen) atoms. The van der Waals surface area contributed by atoms with E-state index in [9.17, 15) is 58.8 Å². The molecule has 0 saturated carbocycles. The highest BCUT2D eigenvalue weighted by Crippen LogP contribution is 2.41. The maximum atomic E-state index is 15.0. The van der Waals surface area contributed by atoms with Crippen molar-refractivity contribution in [2.24, 2.45) is 11.8 Å². The number of thioether (sulfide) groups is 2. The molecule has 4 amide bonds. The standard InChI is InChI=1S/C49H59N7O13S2/c1-50-35(48(66)67)15-17-39(57)55-37(46(64)53-23-41(59)60)25-70-44-31(14-12-28-8-5-6-10-33(28)44)20-32-21-52-22-34(43(32)63)45(30-13-11-27-7-3-4-9-29(27)19-30)71-26-38(47(65)54-24-42(61)62)56-40(58)18-16-36(51-2)49(68)69/h3-14,19,32,34-38,45,50-52H,15-18,20-26H2,1-2H3,(H,53,64)(H,54,65)(H,55,57)(H,56,58)(H,59,60)(H,61,62)(H,66,67)(H,68,69)/t32?,34?,35-,36-,37+,38+,45?/m1/s1. The molecule has 7 atom stereocenters. The largest absolute Gasteiger partial charge is 0.480 e. The van der Waals surface area contributed by atoms with Crippen LogP contribution < -0.4 is 37.2 Å². The first-order valence-electron chi connectivity index (χ1n) is 22.9. The van der Waals surface area contributed by atoms with Crippen molar-refractivity contribution >= 4 is 98.4 Å². The van der Waals surface area contributed by atoms with Gasteiger partial charge in [-0.25, -0.2) is 0 Å². The SMILES string of the molecule is CN[C@H](CCC(=O)N[C@@H](CSc1c(CC2CNCC(C(SC[C@H](NC(=O)CC[C@@H](NC)C(=O)O)C(=O)NCC(=O)O)c3ccc4ccccc4c3)C2=O)ccc2ccccc12)C(=O)NCC(=O)O)C(=O)O. The molecular formula is C49H59N7O13S2. The lowest BCUT2D eigenvalue weighted by Gasteiger charge is -2.35. The Morgan fingerprint density at radius 1 is 0.648 bits per heavy atom. The number of carboxylic acid groups (broad SMARTS) is 4. The first-order chi connectivity index (χ1) is 34.0. The van der Waals surface area contributed by atoms with Crippen LogP contribution in [-0.4, -0.2) is 150 Å². The van der Waals surface area contributed by atoms with Crippen molar-refractivity contribution in [3.05, 3.63) is 90.0 Å². The van der Waals surface area contributed by atoms with Crippen LogP contribution in [0.5, 0.6) is 0 Å². The Balaban J connectivity index is 1.43. The van der Waals surface area contributed by atoms with E-state index >= 15 is 4.79 Å². The lowest BCUT2D eigenvalue weighted by atomic mass is 9.81. The Morgan fingerprint density at radius 2 is 1.18 bits per heavy atom. The number of carbonyl (C=O) groups is 9. The fourth-order valence-corrected chi connectivity index (χ4v) is 10.9. The van der Waals surface area contributed by atoms with E-state index in [-0.39, 0.29) is 55.9 Å². The molecule has 1 fully saturated rings. The maximum Gasteiger partial charge on any atom is 0.322 e. The molecule has 4 aromatic rings. The summed E-state index contributed by atoms with van der Waals surface area (Å²) in [5.74, 6) is -9.18. The highest BCUT2D eigenvalue weighted by atomic mass is 32.2. The van der Waals surface area contributed by atoms with Gasteiger partial charge in [0, 0.05) is 59.4 Å². The zero-order valence-electron chi connectivity index (χ0n) is 39.1. The van der Waals surface area contributed by atoms with Crippen molar-refractivity contribution in [3.8, 4) is 0 Å². The predicted octanol–water partition coefficient (Wildman–Crippen LogP) is 1.78. The number of ketones is 1. The van der Waals surface area contributed by atoms with Gasteiger partial charge in [-0.05, 0) is 66.0 Å². The number of piperidine rings is 1. The number of carbonyl (C=O) groups excluding carboxylic acids is 5. The number of benzene rings is 4. The second kappa shape index (κ2) is 27.1. The summed E-state index contributed by atoms with van der Waals surface area (Å²) in [6.07, 6.45) is -0.393. The van der Waals surface area contributed by atoms with Crippen LogP contribution in [0.3, 0.4) is 0 Å². The molecule has 22 heteroatoms. The van der Waals surface area contributed by atoms with Crippen LogP contribution in [0.1, 0.15) is 42.1 Å². The van der Waals surface area contributed by atoms with Crippen molar-refractivity contribution in [2.75, 3.05) is 51.8 Å². The van der Waals surface area contributed by atoms with Crippen molar-refractivity contribution in [3.63, 3.8) is 0 Å². The van der Waals surface area contributed by atoms with Crippen LogP contribution in [0.15, 0.2) is 83.8 Å². The Bertz CT molecular complexity index is 2600. The highest BCUT2D eigenvalue weighted by molar-refractivity contribution is 7.99. The van der Waals surface area contributed by atoms with Crippen LogP contribution >= 0.6 is 23.5 Å². The minimum Gasteiger partial charge on any atom is -0.480 e. The van der Waals surface area contributed by atoms with Gasteiger partial charge in [-0.15, -0.1) is 11.8 Å². The summed E-state index contributed by atoms with van der Waals surface area (Å²) in [5.41, 5.74) is 1.53. The Morgan fingerprint density at radius 3 is 1.75 bits per heavy atom. The fraction of sp³-hybridized carbons (Fsp3) is 0.408. The van der Waals surface area contributed by atoms with E-state index in [0.717, 1.165) is 37.6 Å². The van der Waals surface area contributed by atoms with Gasteiger partial charge in [-0.3, -0.25) is 43.2 Å². The quantitative estimate of drug-likeness (QED) is 0.0361. The predicted molar refractivity (Wildman–Crippen MR) is 267 cm³/mol. The number of hydrogen-bond donors (Lipinski definition) is 11. The molecule has 0 spiro atoms. The van der Waals surface area contributed by atoms with Crippen molar-refractivity contribution in [1.82, 2.24) is 37.2 Å². The molecular weight excluding hydrogens is 959 g/mol. The Hall–Kier alpha value is -6.59. The molecule has 4 aromatic carbocycles. The number of Topliss-reactive ketones (excluding diaryl/α,β-unsaturated/α-hetero) is 1. The minimum absolute atomic E-state index is 0.0554. The third-order valence-corrected chi connectivity index (χ3v) is 14.8. The minimum atomic E-state index is -1.30. The van der Waals surface area contributed by atoms with E-state index in [2.05, 4.69) is 37.2 Å². The fourth-order valence-electron chi connectivity index (χ4n) is 8.23. The average molecular weight is 1020 g/mol. The van der Waals surface area contributed by atoms with E-state index in [1.807, 2.05) is 78.9 Å². The summed E-state index contributed by atoms with van der Waals surface area (Å²) >= 11 is 2.49. The second-order valence-electron chi connectivity index (χ2n) is 16.9. The molecule has 20 nitrogen and oxygen atoms in total. The normalized spacial score (nSPS) is 16.7. The number of amides is 4. The third kappa shape index (κ3) is 16.2. The molecule has 1 aliphatic rings. The summed E-state index contributed by atoms with van der Waals surface area (Å²) < 4.78 is 0. The van der Waals surface area contributed by atoms with E-state index < -0.39 is 102 Å². The van der Waals surface area contributed by atoms with Crippen LogP contribution in [0.25, 0.3) is 21.5 Å². The average Bonchev–Trinajstić information content (AvgIpc) is 3.34. The molecule has 0 bridgehead atoms. The maximum absolute atomic E-state index is 15.0. The van der Waals surface area contributed by atoms with Gasteiger partial charge < -0.3 is 57.6 Å². The van der Waals surface area contributed by atoms with E-state index in [1.54, 1.807) is 0 Å². The summed E-state index contributed by atoms with van der Waals surface area (Å²) in [4.78, 5) is 115. The molecule has 3 unspecified atom stereocenters. The van der Waals surface area contributed by atoms with Gasteiger partial charge >= 0.3 is 23.9 Å². The van der Waals surface area contributed by atoms with Gasteiger partial charge in [-0.2, -0.15) is 11.8 Å². The van der Waals surface area contributed by atoms with E-state index in [0.29, 0.717) is 6.54 Å².